The molecule has 1 aromatic heterocycles. The highest BCUT2D eigenvalue weighted by atomic mass is 16.1. The lowest BCUT2D eigenvalue weighted by Gasteiger charge is -2.03. The average molecular weight is 276 g/mol. The number of carbonyl (C=O) groups excluding carboxylic acids is 1. The van der Waals surface area contributed by atoms with Gasteiger partial charge in [-0.15, -0.1) is 0 Å². The number of hydrogen-bond donors (Lipinski definition) is 0. The van der Waals surface area contributed by atoms with Crippen LogP contribution in [0.25, 0.3) is 11.0 Å². The zero-order chi connectivity index (χ0) is 14.5. The zero-order valence-electron chi connectivity index (χ0n) is 11.7. The molecule has 3 rings (SSSR count). The smallest absolute Gasteiger partial charge is 0.162 e. The summed E-state index contributed by atoms with van der Waals surface area (Å²) in [7, 11) is 0. The van der Waals surface area contributed by atoms with Gasteiger partial charge in [0.1, 0.15) is 0 Å². The van der Waals surface area contributed by atoms with E-state index in [1.54, 1.807) is 12.4 Å². The monoisotopic (exact) mass is 276 g/mol. The molecule has 0 saturated carbocycles. The predicted octanol–water partition coefficient (Wildman–Crippen LogP) is 3.84. The second-order valence-electron chi connectivity index (χ2n) is 5.02. The third kappa shape index (κ3) is 3.31. The maximum absolute atomic E-state index is 12.2. The van der Waals surface area contributed by atoms with Crippen molar-refractivity contribution in [3.8, 4) is 0 Å². The van der Waals surface area contributed by atoms with E-state index in [-0.39, 0.29) is 5.78 Å². The zero-order valence-corrected chi connectivity index (χ0v) is 11.7. The molecule has 0 fully saturated rings. The molecule has 0 aliphatic carbocycles. The van der Waals surface area contributed by atoms with E-state index in [0.29, 0.717) is 6.42 Å². The summed E-state index contributed by atoms with van der Waals surface area (Å²) in [6.07, 6.45) is 5.65. The van der Waals surface area contributed by atoms with Gasteiger partial charge in [0.15, 0.2) is 5.78 Å². The van der Waals surface area contributed by atoms with Gasteiger partial charge in [-0.2, -0.15) is 0 Å². The van der Waals surface area contributed by atoms with Crippen molar-refractivity contribution in [3.05, 3.63) is 72.1 Å². The van der Waals surface area contributed by atoms with Crippen molar-refractivity contribution in [2.45, 2.75) is 19.3 Å². The van der Waals surface area contributed by atoms with Crippen LogP contribution in [0, 0.1) is 0 Å². The number of carbonyl (C=O) groups is 1. The summed E-state index contributed by atoms with van der Waals surface area (Å²) in [6.45, 7) is 0. The normalized spacial score (nSPS) is 10.7. The first-order valence-corrected chi connectivity index (χ1v) is 7.11. The van der Waals surface area contributed by atoms with E-state index in [9.17, 15) is 4.79 Å². The van der Waals surface area contributed by atoms with Gasteiger partial charge in [0.2, 0.25) is 0 Å². The van der Waals surface area contributed by atoms with Crippen LogP contribution in [0.15, 0.2) is 60.9 Å². The van der Waals surface area contributed by atoms with Gasteiger partial charge >= 0.3 is 0 Å². The molecule has 3 heteroatoms. The molecule has 0 spiro atoms. The molecule has 0 amide bonds. The van der Waals surface area contributed by atoms with Crippen molar-refractivity contribution < 1.29 is 4.79 Å². The lowest BCUT2D eigenvalue weighted by Crippen LogP contribution is -2.00. The van der Waals surface area contributed by atoms with Crippen molar-refractivity contribution in [3.63, 3.8) is 0 Å². The molecule has 0 bridgehead atoms. The molecule has 21 heavy (non-hydrogen) atoms. The number of nitrogens with zero attached hydrogens (tertiary/aromatic N) is 2. The molecule has 3 nitrogen and oxygen atoms in total. The minimum Gasteiger partial charge on any atom is -0.294 e. The van der Waals surface area contributed by atoms with Crippen molar-refractivity contribution in [2.24, 2.45) is 0 Å². The Balaban J connectivity index is 1.64. The van der Waals surface area contributed by atoms with Crippen LogP contribution in [-0.2, 0) is 6.42 Å². The van der Waals surface area contributed by atoms with E-state index in [4.69, 9.17) is 0 Å². The fourth-order valence-corrected chi connectivity index (χ4v) is 2.38. The minimum absolute atomic E-state index is 0.165. The molecule has 0 aliphatic rings. The molecule has 1 heterocycles. The third-order valence-electron chi connectivity index (χ3n) is 3.50. The Bertz CT molecular complexity index is 753. The van der Waals surface area contributed by atoms with Gasteiger partial charge in [0.25, 0.3) is 0 Å². The quantitative estimate of drug-likeness (QED) is 0.665. The molecular weight excluding hydrogens is 260 g/mol. The van der Waals surface area contributed by atoms with E-state index in [2.05, 4.69) is 22.1 Å². The molecule has 0 N–H and O–H groups in total. The van der Waals surface area contributed by atoms with Gasteiger partial charge in [-0.25, -0.2) is 0 Å². The summed E-state index contributed by atoms with van der Waals surface area (Å²) in [5.74, 6) is 0.165. The first-order chi connectivity index (χ1) is 10.3. The summed E-state index contributed by atoms with van der Waals surface area (Å²) < 4.78 is 0. The van der Waals surface area contributed by atoms with Crippen LogP contribution in [0.3, 0.4) is 0 Å². The summed E-state index contributed by atoms with van der Waals surface area (Å²) in [5, 5.41) is 0. The van der Waals surface area contributed by atoms with Crippen molar-refractivity contribution in [2.75, 3.05) is 0 Å². The molecule has 0 unspecified atom stereocenters. The fraction of sp³-hybridized carbons (Fsp3) is 0.167. The SMILES string of the molecule is O=C(CCCc1ccccc1)c1ccc2nccnc2c1. The van der Waals surface area contributed by atoms with E-state index < -0.39 is 0 Å². The Morgan fingerprint density at radius 1 is 0.905 bits per heavy atom. The van der Waals surface area contributed by atoms with Crippen LogP contribution in [0.4, 0.5) is 0 Å². The van der Waals surface area contributed by atoms with Crippen molar-refractivity contribution >= 4 is 16.8 Å². The number of fused-ring (bicyclic) bond motifs is 1. The van der Waals surface area contributed by atoms with Gasteiger partial charge in [-0.3, -0.25) is 14.8 Å². The van der Waals surface area contributed by atoms with Gasteiger partial charge in [0, 0.05) is 24.4 Å². The highest BCUT2D eigenvalue weighted by Gasteiger charge is 2.07. The van der Waals surface area contributed by atoms with E-state index >= 15 is 0 Å². The molecular formula is C18H16N2O. The van der Waals surface area contributed by atoms with E-state index in [1.165, 1.54) is 5.56 Å². The summed E-state index contributed by atoms with van der Waals surface area (Å²) in [6, 6.07) is 15.8. The molecule has 104 valence electrons. The fourth-order valence-electron chi connectivity index (χ4n) is 2.38. The maximum atomic E-state index is 12.2. The Hall–Kier alpha value is -2.55. The minimum atomic E-state index is 0.165. The van der Waals surface area contributed by atoms with Crippen LogP contribution in [0.1, 0.15) is 28.8 Å². The van der Waals surface area contributed by atoms with E-state index in [1.807, 2.05) is 36.4 Å². The van der Waals surface area contributed by atoms with Gasteiger partial charge in [-0.05, 0) is 36.6 Å². The maximum Gasteiger partial charge on any atom is 0.162 e. The van der Waals surface area contributed by atoms with Crippen molar-refractivity contribution in [1.82, 2.24) is 9.97 Å². The van der Waals surface area contributed by atoms with Crippen LogP contribution in [-0.4, -0.2) is 15.8 Å². The molecule has 0 radical (unpaired) electrons. The standard InChI is InChI=1S/C18H16N2O/c21-18(8-4-7-14-5-2-1-3-6-14)15-9-10-16-17(13-15)20-12-11-19-16/h1-3,5-6,9-13H,4,7-8H2. The van der Waals surface area contributed by atoms with Crippen LogP contribution >= 0.6 is 0 Å². The molecule has 0 atom stereocenters. The van der Waals surface area contributed by atoms with Crippen LogP contribution in [0.2, 0.25) is 0 Å². The Kier molecular flexibility index (Phi) is 4.01. The number of benzene rings is 2. The second kappa shape index (κ2) is 6.27. The highest BCUT2D eigenvalue weighted by Crippen LogP contribution is 2.14. The highest BCUT2D eigenvalue weighted by molar-refractivity contribution is 5.98. The molecule has 2 aromatic carbocycles. The topological polar surface area (TPSA) is 42.9 Å². The Morgan fingerprint density at radius 2 is 1.67 bits per heavy atom. The summed E-state index contributed by atoms with van der Waals surface area (Å²) in [4.78, 5) is 20.7. The first kappa shape index (κ1) is 13.4. The summed E-state index contributed by atoms with van der Waals surface area (Å²) in [5.41, 5.74) is 3.58. The van der Waals surface area contributed by atoms with Crippen LogP contribution < -0.4 is 0 Å². The number of aromatic nitrogens is 2. The van der Waals surface area contributed by atoms with Gasteiger partial charge in [-0.1, -0.05) is 30.3 Å². The number of hydrogen-bond acceptors (Lipinski definition) is 3. The van der Waals surface area contributed by atoms with Gasteiger partial charge < -0.3 is 0 Å². The third-order valence-corrected chi connectivity index (χ3v) is 3.50. The predicted molar refractivity (Wildman–Crippen MR) is 83.2 cm³/mol. The van der Waals surface area contributed by atoms with Crippen LogP contribution in [0.5, 0.6) is 0 Å². The van der Waals surface area contributed by atoms with Gasteiger partial charge in [0.05, 0.1) is 11.0 Å². The summed E-state index contributed by atoms with van der Waals surface area (Å²) >= 11 is 0. The molecule has 3 aromatic rings. The van der Waals surface area contributed by atoms with Crippen molar-refractivity contribution in [1.29, 1.82) is 0 Å². The lowest BCUT2D eigenvalue weighted by atomic mass is 10.0. The number of rotatable bonds is 5. The number of ketones is 1. The average Bonchev–Trinajstić information content (AvgIpc) is 2.55. The lowest BCUT2D eigenvalue weighted by molar-refractivity contribution is 0.0980. The molecule has 0 saturated heterocycles. The second-order valence-corrected chi connectivity index (χ2v) is 5.02. The number of Topliss-reactive ketones (excluding diaryl/α,β-unsaturated/α-hetero) is 1. The largest absolute Gasteiger partial charge is 0.294 e. The Labute approximate surface area is 123 Å². The Morgan fingerprint density at radius 3 is 2.48 bits per heavy atom. The first-order valence-electron chi connectivity index (χ1n) is 7.11. The number of aryl methyl sites for hydroxylation is 1. The van der Waals surface area contributed by atoms with E-state index in [0.717, 1.165) is 29.4 Å². The molecule has 0 aliphatic heterocycles.